The molecule has 22 heavy (non-hydrogen) atoms. The zero-order chi connectivity index (χ0) is 15.5. The number of aliphatic hydroxyl groups is 1. The van der Waals surface area contributed by atoms with Crippen molar-refractivity contribution in [3.63, 3.8) is 0 Å². The molecule has 3 heteroatoms. The van der Waals surface area contributed by atoms with Gasteiger partial charge in [0.05, 0.1) is 18.7 Å². The second-order valence-corrected chi connectivity index (χ2v) is 6.14. The average molecular weight is 296 g/mol. The molecule has 1 N–H and O–H groups in total. The van der Waals surface area contributed by atoms with Gasteiger partial charge in [-0.05, 0) is 25.2 Å². The summed E-state index contributed by atoms with van der Waals surface area (Å²) < 4.78 is 0. The van der Waals surface area contributed by atoms with Crippen LogP contribution in [0.25, 0.3) is 0 Å². The standard InChI is InChI=1S/C19H24N2O/c1-20-13-17(19(20)16-11-7-4-8-12-16)21(2)18(14-22)15-9-5-3-6-10-15/h3-12,17-19,22H,13-14H2,1-2H3/t17-,18-,19-/m1/s1. The third-order valence-electron chi connectivity index (χ3n) is 4.83. The second-order valence-electron chi connectivity index (χ2n) is 6.14. The molecule has 0 aromatic heterocycles. The number of benzene rings is 2. The number of hydrogen-bond donors (Lipinski definition) is 1. The Morgan fingerprint density at radius 2 is 1.68 bits per heavy atom. The van der Waals surface area contributed by atoms with E-state index in [1.165, 1.54) is 11.1 Å². The molecule has 1 aliphatic rings. The Morgan fingerprint density at radius 1 is 1.09 bits per heavy atom. The fourth-order valence-electron chi connectivity index (χ4n) is 3.52. The van der Waals surface area contributed by atoms with Crippen LogP contribution in [-0.2, 0) is 0 Å². The van der Waals surface area contributed by atoms with Gasteiger partial charge in [-0.15, -0.1) is 0 Å². The molecule has 3 rings (SSSR count). The van der Waals surface area contributed by atoms with E-state index in [1.54, 1.807) is 0 Å². The van der Waals surface area contributed by atoms with Gasteiger partial charge in [-0.25, -0.2) is 0 Å². The van der Waals surface area contributed by atoms with Crippen molar-refractivity contribution in [2.45, 2.75) is 18.1 Å². The van der Waals surface area contributed by atoms with Crippen LogP contribution in [0.1, 0.15) is 23.2 Å². The predicted molar refractivity (Wildman–Crippen MR) is 89.6 cm³/mol. The molecule has 1 saturated heterocycles. The predicted octanol–water partition coefficient (Wildman–Crippen LogP) is 2.71. The first-order chi connectivity index (χ1) is 10.7. The summed E-state index contributed by atoms with van der Waals surface area (Å²) in [5, 5.41) is 9.89. The lowest BCUT2D eigenvalue weighted by atomic mass is 9.87. The van der Waals surface area contributed by atoms with E-state index in [0.29, 0.717) is 12.1 Å². The number of likely N-dealkylation sites (tertiary alicyclic amines) is 1. The lowest BCUT2D eigenvalue weighted by molar-refractivity contribution is -0.0318. The van der Waals surface area contributed by atoms with E-state index in [0.717, 1.165) is 6.54 Å². The van der Waals surface area contributed by atoms with Crippen LogP contribution in [-0.4, -0.2) is 48.2 Å². The lowest BCUT2D eigenvalue weighted by Crippen LogP contribution is -2.59. The van der Waals surface area contributed by atoms with Crippen molar-refractivity contribution < 1.29 is 5.11 Å². The highest BCUT2D eigenvalue weighted by Crippen LogP contribution is 2.38. The topological polar surface area (TPSA) is 26.7 Å². The van der Waals surface area contributed by atoms with E-state index in [2.05, 4.69) is 66.4 Å². The molecule has 0 aliphatic carbocycles. The minimum atomic E-state index is 0.0473. The van der Waals surface area contributed by atoms with Gasteiger partial charge in [-0.2, -0.15) is 0 Å². The van der Waals surface area contributed by atoms with Crippen molar-refractivity contribution >= 4 is 0 Å². The molecule has 0 saturated carbocycles. The van der Waals surface area contributed by atoms with Gasteiger partial charge >= 0.3 is 0 Å². The van der Waals surface area contributed by atoms with E-state index in [1.807, 2.05) is 18.2 Å². The fourth-order valence-corrected chi connectivity index (χ4v) is 3.52. The van der Waals surface area contributed by atoms with Crippen molar-refractivity contribution in [2.24, 2.45) is 0 Å². The number of rotatable bonds is 5. The molecule has 0 amide bonds. The maximum Gasteiger partial charge on any atom is 0.0628 e. The van der Waals surface area contributed by atoms with Gasteiger partial charge in [-0.1, -0.05) is 60.7 Å². The molecule has 0 bridgehead atoms. The van der Waals surface area contributed by atoms with E-state index in [4.69, 9.17) is 0 Å². The minimum Gasteiger partial charge on any atom is -0.394 e. The van der Waals surface area contributed by atoms with Gasteiger partial charge in [-0.3, -0.25) is 9.80 Å². The maximum atomic E-state index is 9.89. The summed E-state index contributed by atoms with van der Waals surface area (Å²) in [6.07, 6.45) is 0. The molecule has 1 fully saturated rings. The Labute approximate surface area is 132 Å². The van der Waals surface area contributed by atoms with Crippen LogP contribution in [0.15, 0.2) is 60.7 Å². The fraction of sp³-hybridized carbons (Fsp3) is 0.368. The van der Waals surface area contributed by atoms with Crippen molar-refractivity contribution in [3.8, 4) is 0 Å². The summed E-state index contributed by atoms with van der Waals surface area (Å²) in [6, 6.07) is 21.8. The summed E-state index contributed by atoms with van der Waals surface area (Å²) >= 11 is 0. The first-order valence-electron chi connectivity index (χ1n) is 7.85. The Kier molecular flexibility index (Phi) is 4.57. The van der Waals surface area contributed by atoms with E-state index >= 15 is 0 Å². The molecule has 3 nitrogen and oxygen atoms in total. The van der Waals surface area contributed by atoms with Crippen LogP contribution >= 0.6 is 0 Å². The summed E-state index contributed by atoms with van der Waals surface area (Å²) in [5.74, 6) is 0. The Morgan fingerprint density at radius 3 is 2.23 bits per heavy atom. The van der Waals surface area contributed by atoms with Gasteiger partial charge in [0.15, 0.2) is 0 Å². The number of aliphatic hydroxyl groups excluding tert-OH is 1. The van der Waals surface area contributed by atoms with Crippen LogP contribution in [0.2, 0.25) is 0 Å². The Hall–Kier alpha value is -1.68. The SMILES string of the molecule is CN1C[C@@H](N(C)[C@H](CO)c2ccccc2)[C@H]1c1ccccc1. The molecule has 0 radical (unpaired) electrons. The molecule has 0 spiro atoms. The van der Waals surface area contributed by atoms with Crippen molar-refractivity contribution in [3.05, 3.63) is 71.8 Å². The quantitative estimate of drug-likeness (QED) is 0.919. The Balaban J connectivity index is 1.81. The Bertz CT molecular complexity index is 545. The summed E-state index contributed by atoms with van der Waals surface area (Å²) in [5.41, 5.74) is 2.52. The van der Waals surface area contributed by atoms with Gasteiger partial charge < -0.3 is 5.11 Å². The first-order valence-corrected chi connectivity index (χ1v) is 7.85. The molecule has 2 aromatic rings. The normalized spacial score (nSPS) is 23.3. The molecule has 3 atom stereocenters. The van der Waals surface area contributed by atoms with Gasteiger partial charge in [0, 0.05) is 12.6 Å². The molecule has 1 aliphatic heterocycles. The highest BCUT2D eigenvalue weighted by molar-refractivity contribution is 5.25. The number of nitrogens with zero attached hydrogens (tertiary/aromatic N) is 2. The average Bonchev–Trinajstić information content (AvgIpc) is 2.55. The van der Waals surface area contributed by atoms with Crippen molar-refractivity contribution in [2.75, 3.05) is 27.2 Å². The first kappa shape index (κ1) is 15.2. The van der Waals surface area contributed by atoms with Gasteiger partial charge in [0.2, 0.25) is 0 Å². The third-order valence-corrected chi connectivity index (χ3v) is 4.83. The molecule has 1 heterocycles. The van der Waals surface area contributed by atoms with Gasteiger partial charge in [0.1, 0.15) is 0 Å². The minimum absolute atomic E-state index is 0.0473. The molecule has 116 valence electrons. The zero-order valence-corrected chi connectivity index (χ0v) is 13.3. The summed E-state index contributed by atoms with van der Waals surface area (Å²) in [7, 11) is 4.29. The van der Waals surface area contributed by atoms with E-state index < -0.39 is 0 Å². The monoisotopic (exact) mass is 296 g/mol. The molecule has 0 unspecified atom stereocenters. The summed E-state index contributed by atoms with van der Waals surface area (Å²) in [6.45, 7) is 1.17. The summed E-state index contributed by atoms with van der Waals surface area (Å²) in [4.78, 5) is 4.70. The lowest BCUT2D eigenvalue weighted by Gasteiger charge is -2.52. The van der Waals surface area contributed by atoms with Crippen LogP contribution < -0.4 is 0 Å². The number of hydrogen-bond acceptors (Lipinski definition) is 3. The third kappa shape index (κ3) is 2.80. The second kappa shape index (κ2) is 6.61. The smallest absolute Gasteiger partial charge is 0.0628 e. The van der Waals surface area contributed by atoms with Crippen molar-refractivity contribution in [1.82, 2.24) is 9.80 Å². The maximum absolute atomic E-state index is 9.89. The van der Waals surface area contributed by atoms with Crippen molar-refractivity contribution in [1.29, 1.82) is 0 Å². The van der Waals surface area contributed by atoms with Crippen LogP contribution in [0, 0.1) is 0 Å². The molecule has 2 aromatic carbocycles. The largest absolute Gasteiger partial charge is 0.394 e. The van der Waals surface area contributed by atoms with Crippen LogP contribution in [0.4, 0.5) is 0 Å². The highest BCUT2D eigenvalue weighted by Gasteiger charge is 2.41. The number of likely N-dealkylation sites (N-methyl/N-ethyl adjacent to an activating group) is 2. The molecular weight excluding hydrogens is 272 g/mol. The zero-order valence-electron chi connectivity index (χ0n) is 13.3. The van der Waals surface area contributed by atoms with Crippen LogP contribution in [0.5, 0.6) is 0 Å². The highest BCUT2D eigenvalue weighted by atomic mass is 16.3. The van der Waals surface area contributed by atoms with Crippen LogP contribution in [0.3, 0.4) is 0 Å². The van der Waals surface area contributed by atoms with Gasteiger partial charge in [0.25, 0.3) is 0 Å². The van der Waals surface area contributed by atoms with E-state index in [9.17, 15) is 5.11 Å². The molecular formula is C19H24N2O. The van der Waals surface area contributed by atoms with E-state index in [-0.39, 0.29) is 12.6 Å².